The highest BCUT2D eigenvalue weighted by Crippen LogP contribution is 2.43. The van der Waals surface area contributed by atoms with Crippen molar-refractivity contribution in [1.82, 2.24) is 4.98 Å². The number of benzene rings is 6. The molecule has 0 radical (unpaired) electrons. The fourth-order valence-corrected chi connectivity index (χ4v) is 7.71. The summed E-state index contributed by atoms with van der Waals surface area (Å²) in [4.78, 5) is 7.35. The summed E-state index contributed by atoms with van der Waals surface area (Å²) in [5, 5.41) is 5.80. The van der Waals surface area contributed by atoms with Crippen molar-refractivity contribution in [2.75, 3.05) is 4.90 Å². The normalized spacial score (nSPS) is 14.4. The molecule has 0 saturated carbocycles. The molecule has 2 aromatic heterocycles. The van der Waals surface area contributed by atoms with Crippen LogP contribution >= 0.6 is 0 Å². The van der Waals surface area contributed by atoms with E-state index in [-0.39, 0.29) is 0 Å². The first-order valence-corrected chi connectivity index (χ1v) is 17.1. The van der Waals surface area contributed by atoms with Crippen LogP contribution in [0.25, 0.3) is 54.8 Å². The van der Waals surface area contributed by atoms with E-state index in [1.807, 2.05) is 6.07 Å². The third-order valence-electron chi connectivity index (χ3n) is 9.98. The van der Waals surface area contributed by atoms with Crippen LogP contribution < -0.4 is 4.90 Å². The molecule has 4 nitrogen and oxygen atoms in total. The second-order valence-electron chi connectivity index (χ2n) is 12.9. The Kier molecular flexibility index (Phi) is 6.41. The lowest BCUT2D eigenvalue weighted by Gasteiger charge is -2.27. The zero-order chi connectivity index (χ0) is 32.3. The Morgan fingerprint density at radius 1 is 0.551 bits per heavy atom. The van der Waals surface area contributed by atoms with Gasteiger partial charge in [0.05, 0.1) is 5.69 Å². The molecule has 0 N–H and O–H groups in total. The Morgan fingerprint density at radius 3 is 2.20 bits per heavy atom. The summed E-state index contributed by atoms with van der Waals surface area (Å²) in [5.41, 5.74) is 10.7. The average molecular weight is 633 g/mol. The van der Waals surface area contributed by atoms with Crippen LogP contribution in [-0.4, -0.2) is 4.98 Å². The van der Waals surface area contributed by atoms with Crippen molar-refractivity contribution in [3.8, 4) is 0 Å². The second kappa shape index (κ2) is 11.2. The molecule has 4 heteroatoms. The van der Waals surface area contributed by atoms with Crippen LogP contribution in [0.4, 0.5) is 17.1 Å². The molecule has 2 heterocycles. The number of furan rings is 1. The maximum Gasteiger partial charge on any atom is 0.226 e. The van der Waals surface area contributed by atoms with Gasteiger partial charge in [-0.15, -0.1) is 0 Å². The molecular weight excluding hydrogens is 601 g/mol. The van der Waals surface area contributed by atoms with Crippen LogP contribution in [0.3, 0.4) is 0 Å². The molecule has 49 heavy (non-hydrogen) atoms. The van der Waals surface area contributed by atoms with Gasteiger partial charge in [0, 0.05) is 45.1 Å². The Morgan fingerprint density at radius 2 is 1.33 bits per heavy atom. The summed E-state index contributed by atoms with van der Waals surface area (Å²) < 4.78 is 12.5. The number of oxazole rings is 1. The summed E-state index contributed by atoms with van der Waals surface area (Å²) >= 11 is 0. The van der Waals surface area contributed by atoms with E-state index in [4.69, 9.17) is 13.8 Å². The minimum atomic E-state index is 0.687. The van der Waals surface area contributed by atoms with Gasteiger partial charge in [-0.1, -0.05) is 97.1 Å². The molecule has 234 valence electrons. The van der Waals surface area contributed by atoms with Crippen LogP contribution in [0.5, 0.6) is 0 Å². The lowest BCUT2D eigenvalue weighted by Crippen LogP contribution is -2.10. The van der Waals surface area contributed by atoms with Gasteiger partial charge >= 0.3 is 0 Å². The van der Waals surface area contributed by atoms with Crippen molar-refractivity contribution in [3.05, 3.63) is 168 Å². The van der Waals surface area contributed by atoms with Crippen LogP contribution in [-0.2, 0) is 6.42 Å². The van der Waals surface area contributed by atoms with Crippen molar-refractivity contribution < 1.29 is 8.83 Å². The molecule has 0 amide bonds. The van der Waals surface area contributed by atoms with Gasteiger partial charge in [0.25, 0.3) is 0 Å². The highest BCUT2D eigenvalue weighted by Gasteiger charge is 2.23. The van der Waals surface area contributed by atoms with E-state index in [9.17, 15) is 0 Å². The highest BCUT2D eigenvalue weighted by atomic mass is 16.3. The third-order valence-corrected chi connectivity index (χ3v) is 9.98. The quantitative estimate of drug-likeness (QED) is 0.177. The molecule has 0 unspecified atom stereocenters. The molecule has 0 saturated heterocycles. The summed E-state index contributed by atoms with van der Waals surface area (Å²) in [6, 6.07) is 43.3. The molecule has 0 aliphatic heterocycles. The summed E-state index contributed by atoms with van der Waals surface area (Å²) in [5.74, 6) is 1.77. The number of nitrogens with zero attached hydrogens (tertiary/aromatic N) is 2. The number of rotatable bonds is 5. The summed E-state index contributed by atoms with van der Waals surface area (Å²) in [6.07, 6.45) is 12.9. The topological polar surface area (TPSA) is 42.4 Å². The largest absolute Gasteiger partial charge is 0.460 e. The van der Waals surface area contributed by atoms with Crippen molar-refractivity contribution in [2.45, 2.75) is 25.7 Å². The van der Waals surface area contributed by atoms with Gasteiger partial charge in [0.15, 0.2) is 5.58 Å². The van der Waals surface area contributed by atoms with Crippen LogP contribution in [0.1, 0.15) is 42.0 Å². The number of aromatic nitrogens is 1. The molecule has 0 atom stereocenters. The molecule has 2 aliphatic carbocycles. The molecule has 2 aliphatic rings. The Labute approximate surface area is 283 Å². The first kappa shape index (κ1) is 27.9. The SMILES string of the molecule is C1=CC(c2nc3c(ccc4c5cccc(N(c6ccccc6)c6ccc(C7=CCCc8oc9ccccc9c87)cc6)c5ccc43)o2)=CCC1. The Bertz CT molecular complexity index is 2650. The van der Waals surface area contributed by atoms with Crippen LogP contribution in [0.2, 0.25) is 0 Å². The average Bonchev–Trinajstić information content (AvgIpc) is 3.78. The molecule has 8 aromatic rings. The number of aryl methyl sites for hydroxylation is 1. The molecule has 0 bridgehead atoms. The number of fused-ring (bicyclic) bond motifs is 8. The van der Waals surface area contributed by atoms with Crippen molar-refractivity contribution >= 4 is 71.8 Å². The minimum absolute atomic E-state index is 0.687. The molecule has 0 spiro atoms. The van der Waals surface area contributed by atoms with Gasteiger partial charge in [-0.3, -0.25) is 0 Å². The summed E-state index contributed by atoms with van der Waals surface area (Å²) in [7, 11) is 0. The van der Waals surface area contributed by atoms with E-state index in [1.54, 1.807) is 0 Å². The van der Waals surface area contributed by atoms with Gasteiger partial charge in [-0.05, 0) is 89.7 Å². The van der Waals surface area contributed by atoms with Gasteiger partial charge in [0.2, 0.25) is 5.89 Å². The number of hydrogen-bond donors (Lipinski definition) is 0. The first-order valence-electron chi connectivity index (χ1n) is 17.1. The minimum Gasteiger partial charge on any atom is -0.460 e. The van der Waals surface area contributed by atoms with E-state index in [2.05, 4.69) is 144 Å². The van der Waals surface area contributed by atoms with E-state index >= 15 is 0 Å². The number of hydrogen-bond acceptors (Lipinski definition) is 4. The predicted molar refractivity (Wildman–Crippen MR) is 202 cm³/mol. The van der Waals surface area contributed by atoms with Gasteiger partial charge in [0.1, 0.15) is 16.9 Å². The molecular formula is C45H32N2O2. The van der Waals surface area contributed by atoms with E-state index < -0.39 is 0 Å². The van der Waals surface area contributed by atoms with Crippen molar-refractivity contribution in [3.63, 3.8) is 0 Å². The second-order valence-corrected chi connectivity index (χ2v) is 12.9. The standard InChI is InChI=1S/C45H32N2O2/c1-3-11-30(12-4-1)45-46-44-37-26-25-36-34(35(37)27-28-42(44)49-45)17-9-18-39(36)47(31-13-5-2-6-14-31)32-23-21-29(22-24-32)33-16-10-20-41-43(33)38-15-7-8-19-40(38)48-41/h2-3,5-9,11-19,21-28H,1,4,10,20H2. The Balaban J connectivity index is 1.09. The first-order chi connectivity index (χ1) is 24.3. The van der Waals surface area contributed by atoms with Crippen molar-refractivity contribution in [2.24, 2.45) is 0 Å². The van der Waals surface area contributed by atoms with Gasteiger partial charge in [-0.25, -0.2) is 4.98 Å². The lowest BCUT2D eigenvalue weighted by atomic mass is 9.89. The summed E-state index contributed by atoms with van der Waals surface area (Å²) in [6.45, 7) is 0. The predicted octanol–water partition coefficient (Wildman–Crippen LogP) is 12.5. The van der Waals surface area contributed by atoms with Gasteiger partial charge < -0.3 is 13.7 Å². The monoisotopic (exact) mass is 632 g/mol. The smallest absolute Gasteiger partial charge is 0.226 e. The van der Waals surface area contributed by atoms with E-state index in [0.717, 1.165) is 81.5 Å². The fourth-order valence-electron chi connectivity index (χ4n) is 7.71. The Hall–Kier alpha value is -6.13. The van der Waals surface area contributed by atoms with E-state index in [0.29, 0.717) is 5.89 Å². The number of allylic oxidation sites excluding steroid dienone is 5. The maximum atomic E-state index is 6.28. The fraction of sp³-hybridized carbons (Fsp3) is 0.0889. The third kappa shape index (κ3) is 4.56. The number of anilines is 3. The lowest BCUT2D eigenvalue weighted by molar-refractivity contribution is 0.545. The number of para-hydroxylation sites is 2. The van der Waals surface area contributed by atoms with Crippen molar-refractivity contribution in [1.29, 1.82) is 0 Å². The van der Waals surface area contributed by atoms with E-state index in [1.165, 1.54) is 32.9 Å². The maximum absolute atomic E-state index is 6.28. The van der Waals surface area contributed by atoms with Crippen LogP contribution in [0, 0.1) is 0 Å². The van der Waals surface area contributed by atoms with Crippen LogP contribution in [0.15, 0.2) is 154 Å². The zero-order valence-corrected chi connectivity index (χ0v) is 26.9. The molecule has 10 rings (SSSR count). The zero-order valence-electron chi connectivity index (χ0n) is 26.9. The molecule has 0 fully saturated rings. The van der Waals surface area contributed by atoms with Gasteiger partial charge in [-0.2, -0.15) is 0 Å². The molecule has 6 aromatic carbocycles. The highest BCUT2D eigenvalue weighted by molar-refractivity contribution is 6.18.